The summed E-state index contributed by atoms with van der Waals surface area (Å²) >= 11 is 0. The number of pyridine rings is 1. The summed E-state index contributed by atoms with van der Waals surface area (Å²) in [4.78, 5) is 16.5. The molecule has 1 saturated heterocycles. The third-order valence-electron chi connectivity index (χ3n) is 5.56. The van der Waals surface area contributed by atoms with E-state index in [-0.39, 0.29) is 28.3 Å². The van der Waals surface area contributed by atoms with Gasteiger partial charge in [-0.3, -0.25) is 9.69 Å². The fraction of sp³-hybridized carbons (Fsp3) is 0.450. The number of aromatic nitrogens is 1. The van der Waals surface area contributed by atoms with Gasteiger partial charge in [-0.05, 0) is 19.8 Å². The Bertz CT molecular complexity index is 973. The molecule has 1 aliphatic heterocycles. The molecule has 2 aromatic rings. The standard InChI is InChI=1S/C20H24F2N4O/c1-3-6-24-7-9-25(10-8-24)19-15(21)17(23)14-18(16(19)22)26(13-4-5-13)11-12(2)20(14)27/h3,11,13H,1,4-10,23H2,2H3. The molecule has 2 fully saturated rings. The van der Waals surface area contributed by atoms with E-state index in [1.165, 1.54) is 0 Å². The lowest BCUT2D eigenvalue weighted by molar-refractivity contribution is 0.282. The van der Waals surface area contributed by atoms with Crippen LogP contribution in [0.3, 0.4) is 0 Å². The van der Waals surface area contributed by atoms with Gasteiger partial charge in [0.15, 0.2) is 17.1 Å². The van der Waals surface area contributed by atoms with Gasteiger partial charge in [-0.1, -0.05) is 6.08 Å². The second-order valence-corrected chi connectivity index (χ2v) is 7.47. The van der Waals surface area contributed by atoms with Gasteiger partial charge in [-0.25, -0.2) is 8.78 Å². The number of hydrogen-bond donors (Lipinski definition) is 1. The van der Waals surface area contributed by atoms with Crippen LogP contribution in [0.4, 0.5) is 20.2 Å². The van der Waals surface area contributed by atoms with Gasteiger partial charge in [-0.2, -0.15) is 0 Å². The van der Waals surface area contributed by atoms with E-state index in [4.69, 9.17) is 5.73 Å². The average Bonchev–Trinajstić information content (AvgIpc) is 3.48. The molecule has 1 aromatic heterocycles. The molecule has 5 nitrogen and oxygen atoms in total. The molecule has 1 aromatic carbocycles. The SMILES string of the molecule is C=CCN1CCN(c2c(F)c(N)c3c(=O)c(C)cn(C4CC4)c3c2F)CC1. The molecule has 2 N–H and O–H groups in total. The monoisotopic (exact) mass is 374 g/mol. The minimum absolute atomic E-state index is 0.0362. The first kappa shape index (κ1) is 18.0. The minimum Gasteiger partial charge on any atom is -0.396 e. The maximum absolute atomic E-state index is 15.6. The van der Waals surface area contributed by atoms with Crippen LogP contribution in [-0.2, 0) is 0 Å². The van der Waals surface area contributed by atoms with Crippen molar-refractivity contribution in [3.8, 4) is 0 Å². The van der Waals surface area contributed by atoms with E-state index in [1.54, 1.807) is 22.6 Å². The van der Waals surface area contributed by atoms with Crippen molar-refractivity contribution in [1.82, 2.24) is 9.47 Å². The number of hydrogen-bond acceptors (Lipinski definition) is 4. The van der Waals surface area contributed by atoms with Crippen LogP contribution in [0.2, 0.25) is 0 Å². The highest BCUT2D eigenvalue weighted by atomic mass is 19.1. The van der Waals surface area contributed by atoms with Crippen LogP contribution < -0.4 is 16.1 Å². The highest BCUT2D eigenvalue weighted by molar-refractivity contribution is 5.95. The van der Waals surface area contributed by atoms with Crippen molar-refractivity contribution >= 4 is 22.3 Å². The van der Waals surface area contributed by atoms with Gasteiger partial charge in [-0.15, -0.1) is 6.58 Å². The zero-order valence-corrected chi connectivity index (χ0v) is 15.5. The Hall–Kier alpha value is -2.41. The maximum atomic E-state index is 15.6. The van der Waals surface area contributed by atoms with Gasteiger partial charge in [0.2, 0.25) is 0 Å². The first-order valence-electron chi connectivity index (χ1n) is 9.34. The summed E-state index contributed by atoms with van der Waals surface area (Å²) < 4.78 is 32.4. The van der Waals surface area contributed by atoms with Gasteiger partial charge in [0.1, 0.15) is 5.69 Å². The summed E-state index contributed by atoms with van der Waals surface area (Å²) in [6, 6.07) is 0.142. The number of piperazine rings is 1. The summed E-state index contributed by atoms with van der Waals surface area (Å²) in [6.07, 6.45) is 5.34. The summed E-state index contributed by atoms with van der Waals surface area (Å²) in [5.74, 6) is -1.51. The summed E-state index contributed by atoms with van der Waals surface area (Å²) in [5.41, 5.74) is 5.84. The lowest BCUT2D eigenvalue weighted by atomic mass is 10.1. The molecule has 0 bridgehead atoms. The third kappa shape index (κ3) is 2.90. The van der Waals surface area contributed by atoms with E-state index >= 15 is 8.78 Å². The van der Waals surface area contributed by atoms with Crippen molar-refractivity contribution in [3.63, 3.8) is 0 Å². The Morgan fingerprint density at radius 1 is 1.22 bits per heavy atom. The molecule has 4 rings (SSSR count). The van der Waals surface area contributed by atoms with Gasteiger partial charge >= 0.3 is 0 Å². The highest BCUT2D eigenvalue weighted by Crippen LogP contribution is 2.41. The lowest BCUT2D eigenvalue weighted by Gasteiger charge is -2.36. The Morgan fingerprint density at radius 2 is 1.89 bits per heavy atom. The van der Waals surface area contributed by atoms with Gasteiger partial charge in [0, 0.05) is 50.5 Å². The Balaban J connectivity index is 1.88. The van der Waals surface area contributed by atoms with E-state index < -0.39 is 17.1 Å². The van der Waals surface area contributed by atoms with Crippen molar-refractivity contribution in [3.05, 3.63) is 46.3 Å². The van der Waals surface area contributed by atoms with E-state index in [9.17, 15) is 4.79 Å². The van der Waals surface area contributed by atoms with Crippen LogP contribution >= 0.6 is 0 Å². The topological polar surface area (TPSA) is 54.5 Å². The lowest BCUT2D eigenvalue weighted by Crippen LogP contribution is -2.47. The number of nitrogen functional groups attached to an aromatic ring is 1. The zero-order valence-electron chi connectivity index (χ0n) is 15.5. The number of anilines is 2. The van der Waals surface area contributed by atoms with Crippen molar-refractivity contribution < 1.29 is 8.78 Å². The molecule has 0 amide bonds. The van der Waals surface area contributed by atoms with Crippen molar-refractivity contribution in [2.75, 3.05) is 43.4 Å². The van der Waals surface area contributed by atoms with Gasteiger partial charge in [0.05, 0.1) is 16.6 Å². The smallest absolute Gasteiger partial charge is 0.194 e. The molecule has 2 aliphatic rings. The molecule has 2 heterocycles. The molecule has 1 saturated carbocycles. The van der Waals surface area contributed by atoms with Crippen LogP contribution in [0.15, 0.2) is 23.6 Å². The van der Waals surface area contributed by atoms with Crippen LogP contribution in [0.5, 0.6) is 0 Å². The predicted molar refractivity (Wildman–Crippen MR) is 104 cm³/mol. The molecule has 0 spiro atoms. The maximum Gasteiger partial charge on any atom is 0.194 e. The third-order valence-corrected chi connectivity index (χ3v) is 5.56. The molecule has 0 atom stereocenters. The quantitative estimate of drug-likeness (QED) is 0.661. The fourth-order valence-corrected chi connectivity index (χ4v) is 3.94. The first-order valence-corrected chi connectivity index (χ1v) is 9.34. The fourth-order valence-electron chi connectivity index (χ4n) is 3.94. The molecular weight excluding hydrogens is 350 g/mol. The first-order chi connectivity index (χ1) is 12.9. The molecule has 7 heteroatoms. The number of fused-ring (bicyclic) bond motifs is 1. The predicted octanol–water partition coefficient (Wildman–Crippen LogP) is 2.81. The highest BCUT2D eigenvalue weighted by Gasteiger charge is 2.32. The molecule has 27 heavy (non-hydrogen) atoms. The van der Waals surface area contributed by atoms with Gasteiger partial charge in [0.25, 0.3) is 0 Å². The number of nitrogens with zero attached hydrogens (tertiary/aromatic N) is 3. The van der Waals surface area contributed by atoms with Crippen molar-refractivity contribution in [2.24, 2.45) is 0 Å². The van der Waals surface area contributed by atoms with E-state index in [1.807, 2.05) is 6.08 Å². The second kappa shape index (κ2) is 6.64. The van der Waals surface area contributed by atoms with Crippen LogP contribution in [0.1, 0.15) is 24.4 Å². The molecule has 0 radical (unpaired) electrons. The van der Waals surface area contributed by atoms with Crippen LogP contribution in [0, 0.1) is 18.6 Å². The number of halogens is 2. The molecule has 144 valence electrons. The van der Waals surface area contributed by atoms with E-state index in [0.717, 1.165) is 19.4 Å². The second-order valence-electron chi connectivity index (χ2n) is 7.47. The van der Waals surface area contributed by atoms with E-state index in [0.29, 0.717) is 31.7 Å². The van der Waals surface area contributed by atoms with E-state index in [2.05, 4.69) is 11.5 Å². The normalized spacial score (nSPS) is 18.3. The van der Waals surface area contributed by atoms with Crippen molar-refractivity contribution in [2.45, 2.75) is 25.8 Å². The molecule has 0 unspecified atom stereocenters. The molecule has 1 aliphatic carbocycles. The Kier molecular flexibility index (Phi) is 4.42. The summed E-state index contributed by atoms with van der Waals surface area (Å²) in [5, 5.41) is -0.0362. The average molecular weight is 374 g/mol. The van der Waals surface area contributed by atoms with Crippen molar-refractivity contribution in [1.29, 1.82) is 0 Å². The molecular formula is C20H24F2N4O. The zero-order chi connectivity index (χ0) is 19.3. The largest absolute Gasteiger partial charge is 0.396 e. The Labute approximate surface area is 156 Å². The Morgan fingerprint density at radius 3 is 2.48 bits per heavy atom. The summed E-state index contributed by atoms with van der Waals surface area (Å²) in [7, 11) is 0. The number of benzene rings is 1. The number of aryl methyl sites for hydroxylation is 1. The minimum atomic E-state index is -0.831. The number of rotatable bonds is 4. The van der Waals surface area contributed by atoms with Gasteiger partial charge < -0.3 is 15.2 Å². The van der Waals surface area contributed by atoms with Crippen LogP contribution in [0.25, 0.3) is 10.9 Å². The van der Waals surface area contributed by atoms with Crippen LogP contribution in [-0.4, -0.2) is 42.2 Å². The number of nitrogens with two attached hydrogens (primary N) is 1. The summed E-state index contributed by atoms with van der Waals surface area (Å²) in [6.45, 7) is 8.49.